The molecule has 0 radical (unpaired) electrons. The Kier molecular flexibility index (Phi) is 5.59. The highest BCUT2D eigenvalue weighted by Crippen LogP contribution is 2.33. The minimum atomic E-state index is -4.63. The van der Waals surface area contributed by atoms with E-state index < -0.39 is 23.6 Å². The van der Waals surface area contributed by atoms with Gasteiger partial charge >= 0.3 is 12.1 Å². The van der Waals surface area contributed by atoms with Gasteiger partial charge in [-0.25, -0.2) is 4.79 Å². The van der Waals surface area contributed by atoms with Gasteiger partial charge in [0.1, 0.15) is 0 Å². The van der Waals surface area contributed by atoms with Crippen molar-refractivity contribution in [3.8, 4) is 11.1 Å². The molecule has 1 N–H and O–H groups in total. The Bertz CT molecular complexity index is 1380. The summed E-state index contributed by atoms with van der Waals surface area (Å²) >= 11 is 0. The Labute approximate surface area is 185 Å². The molecule has 0 spiro atoms. The molecule has 0 aliphatic heterocycles. The number of pyridine rings is 1. The van der Waals surface area contributed by atoms with Gasteiger partial charge in [-0.15, -0.1) is 0 Å². The van der Waals surface area contributed by atoms with Gasteiger partial charge in [-0.1, -0.05) is 0 Å². The molecule has 1 amide bonds. The number of hydrogen-bond acceptors (Lipinski definition) is 5. The first-order valence-electron chi connectivity index (χ1n) is 9.65. The van der Waals surface area contributed by atoms with Crippen molar-refractivity contribution < 1.29 is 27.5 Å². The Morgan fingerprint density at radius 1 is 1.00 bits per heavy atom. The highest BCUT2D eigenvalue weighted by atomic mass is 19.4. The fourth-order valence-electron chi connectivity index (χ4n) is 3.30. The topological polar surface area (TPSA) is 86.1 Å². The zero-order valence-electron chi connectivity index (χ0n) is 17.5. The maximum Gasteiger partial charge on any atom is 0.416 e. The monoisotopic (exact) mass is 454 g/mol. The third kappa shape index (κ3) is 4.69. The predicted molar refractivity (Wildman–Crippen MR) is 115 cm³/mol. The molecule has 0 aliphatic rings. The molecule has 0 fully saturated rings. The lowest BCUT2D eigenvalue weighted by Gasteiger charge is -2.12. The van der Waals surface area contributed by atoms with E-state index in [4.69, 9.17) is 0 Å². The van der Waals surface area contributed by atoms with E-state index in [0.717, 1.165) is 12.1 Å². The zero-order valence-corrected chi connectivity index (χ0v) is 17.5. The molecule has 0 aliphatic carbocycles. The molecule has 33 heavy (non-hydrogen) atoms. The van der Waals surface area contributed by atoms with Crippen molar-refractivity contribution >= 4 is 28.5 Å². The lowest BCUT2D eigenvalue weighted by Crippen LogP contribution is -2.14. The van der Waals surface area contributed by atoms with Gasteiger partial charge in [0.2, 0.25) is 0 Å². The maximum absolute atomic E-state index is 13.5. The van der Waals surface area contributed by atoms with Gasteiger partial charge in [-0.3, -0.25) is 14.5 Å². The molecule has 2 heterocycles. The number of halogens is 3. The van der Waals surface area contributed by atoms with Gasteiger partial charge in [0.05, 0.1) is 30.0 Å². The number of ether oxygens (including phenoxy) is 1. The number of hydrogen-bond donors (Lipinski definition) is 1. The normalized spacial score (nSPS) is 11.4. The number of anilines is 1. The van der Waals surface area contributed by atoms with Crippen molar-refractivity contribution in [2.45, 2.75) is 6.18 Å². The molecular weight excluding hydrogens is 437 g/mol. The minimum Gasteiger partial charge on any atom is -0.465 e. The zero-order chi connectivity index (χ0) is 23.8. The van der Waals surface area contributed by atoms with Gasteiger partial charge in [0.15, 0.2) is 0 Å². The molecule has 2 aromatic heterocycles. The molecule has 7 nitrogen and oxygen atoms in total. The van der Waals surface area contributed by atoms with E-state index >= 15 is 0 Å². The summed E-state index contributed by atoms with van der Waals surface area (Å²) < 4.78 is 46.5. The van der Waals surface area contributed by atoms with Crippen molar-refractivity contribution in [3.05, 3.63) is 77.7 Å². The van der Waals surface area contributed by atoms with Gasteiger partial charge in [0, 0.05) is 41.6 Å². The van der Waals surface area contributed by atoms with Crippen LogP contribution in [0.25, 0.3) is 22.0 Å². The maximum atomic E-state index is 13.5. The third-order valence-electron chi connectivity index (χ3n) is 4.92. The fraction of sp³-hybridized carbons (Fsp3) is 0.130. The average molecular weight is 454 g/mol. The minimum absolute atomic E-state index is 0.162. The van der Waals surface area contributed by atoms with E-state index in [1.807, 2.05) is 0 Å². The number of nitrogens with one attached hydrogen (secondary N) is 1. The number of carbonyl (C=O) groups is 2. The number of amides is 1. The van der Waals surface area contributed by atoms with E-state index in [1.54, 1.807) is 37.5 Å². The van der Waals surface area contributed by atoms with Crippen LogP contribution in [0, 0.1) is 0 Å². The van der Waals surface area contributed by atoms with Crippen LogP contribution in [0.5, 0.6) is 0 Å². The first-order chi connectivity index (χ1) is 15.6. The molecule has 168 valence electrons. The number of esters is 1. The average Bonchev–Trinajstić information content (AvgIpc) is 3.23. The summed E-state index contributed by atoms with van der Waals surface area (Å²) in [7, 11) is 2.89. The van der Waals surface area contributed by atoms with Crippen molar-refractivity contribution in [2.75, 3.05) is 12.4 Å². The van der Waals surface area contributed by atoms with Crippen LogP contribution in [-0.2, 0) is 18.0 Å². The fourth-order valence-corrected chi connectivity index (χ4v) is 3.30. The van der Waals surface area contributed by atoms with Crippen molar-refractivity contribution in [1.29, 1.82) is 0 Å². The highest BCUT2D eigenvalue weighted by molar-refractivity contribution is 6.06. The predicted octanol–water partition coefficient (Wildman–Crippen LogP) is 4.69. The molecule has 2 aromatic carbocycles. The molecule has 4 rings (SSSR count). The van der Waals surface area contributed by atoms with Crippen LogP contribution < -0.4 is 5.32 Å². The summed E-state index contributed by atoms with van der Waals surface area (Å²) in [5.74, 6) is -1.28. The summed E-state index contributed by atoms with van der Waals surface area (Å²) in [4.78, 5) is 28.8. The Hall–Kier alpha value is -4.21. The second-order valence-corrected chi connectivity index (χ2v) is 7.28. The van der Waals surface area contributed by atoms with Crippen LogP contribution in [0.2, 0.25) is 0 Å². The van der Waals surface area contributed by atoms with Crippen LogP contribution >= 0.6 is 0 Å². The van der Waals surface area contributed by atoms with Crippen molar-refractivity contribution in [2.24, 2.45) is 7.05 Å². The number of aromatic nitrogens is 3. The molecule has 0 atom stereocenters. The van der Waals surface area contributed by atoms with Crippen LogP contribution in [-0.4, -0.2) is 33.8 Å². The molecule has 4 aromatic rings. The van der Waals surface area contributed by atoms with Gasteiger partial charge in [-0.05, 0) is 48.0 Å². The summed E-state index contributed by atoms with van der Waals surface area (Å²) in [6.07, 6.45) is -0.278. The number of aryl methyl sites for hydroxylation is 1. The van der Waals surface area contributed by atoms with E-state index in [2.05, 4.69) is 20.1 Å². The second-order valence-electron chi connectivity index (χ2n) is 7.28. The Morgan fingerprint density at radius 3 is 2.45 bits per heavy atom. The standard InChI is InChI=1S/C23H17F3N4O3/c1-30-12-17(11-28-30)13-5-15(8-18(7-13)23(24,25)26)21(31)29-19-3-4-20-14(9-19)6-16(10-27-20)22(32)33-2/h3-12H,1-2H3,(H,29,31). The van der Waals surface area contributed by atoms with Crippen LogP contribution in [0.4, 0.5) is 18.9 Å². The highest BCUT2D eigenvalue weighted by Gasteiger charge is 2.32. The van der Waals surface area contributed by atoms with Gasteiger partial charge in [0.25, 0.3) is 5.91 Å². The SMILES string of the molecule is COC(=O)c1cnc2ccc(NC(=O)c3cc(-c4cnn(C)c4)cc(C(F)(F)F)c3)cc2c1. The second kappa shape index (κ2) is 8.38. The smallest absolute Gasteiger partial charge is 0.416 e. The number of carbonyl (C=O) groups excluding carboxylic acids is 2. The largest absolute Gasteiger partial charge is 0.465 e. The quantitative estimate of drug-likeness (QED) is 0.452. The number of fused-ring (bicyclic) bond motifs is 1. The third-order valence-corrected chi connectivity index (χ3v) is 4.92. The van der Waals surface area contributed by atoms with Crippen molar-refractivity contribution in [3.63, 3.8) is 0 Å². The number of methoxy groups -OCH3 is 1. The van der Waals surface area contributed by atoms with E-state index in [1.165, 1.54) is 30.3 Å². The lowest BCUT2D eigenvalue weighted by molar-refractivity contribution is -0.137. The van der Waals surface area contributed by atoms with Crippen LogP contribution in [0.1, 0.15) is 26.3 Å². The molecule has 0 saturated carbocycles. The number of nitrogens with zero attached hydrogens (tertiary/aromatic N) is 3. The number of alkyl halides is 3. The summed E-state index contributed by atoms with van der Waals surface area (Å²) in [6.45, 7) is 0. The summed E-state index contributed by atoms with van der Waals surface area (Å²) in [5.41, 5.74) is 0.686. The number of benzene rings is 2. The van der Waals surface area contributed by atoms with Gasteiger partial charge in [-0.2, -0.15) is 18.3 Å². The van der Waals surface area contributed by atoms with Crippen LogP contribution in [0.3, 0.4) is 0 Å². The molecule has 0 unspecified atom stereocenters. The van der Waals surface area contributed by atoms with Gasteiger partial charge < -0.3 is 10.1 Å². The molecule has 0 saturated heterocycles. The first kappa shape index (κ1) is 22.0. The molecule has 10 heteroatoms. The van der Waals surface area contributed by atoms with Crippen molar-refractivity contribution in [1.82, 2.24) is 14.8 Å². The van der Waals surface area contributed by atoms with E-state index in [-0.39, 0.29) is 16.7 Å². The Balaban J connectivity index is 1.69. The summed E-state index contributed by atoms with van der Waals surface area (Å²) in [5, 5.41) is 7.13. The number of rotatable bonds is 4. The Morgan fingerprint density at radius 2 is 1.79 bits per heavy atom. The molecular formula is C23H17F3N4O3. The lowest BCUT2D eigenvalue weighted by atomic mass is 10.0. The van der Waals surface area contributed by atoms with E-state index in [9.17, 15) is 22.8 Å². The molecule has 0 bridgehead atoms. The first-order valence-corrected chi connectivity index (χ1v) is 9.65. The van der Waals surface area contributed by atoms with E-state index in [0.29, 0.717) is 22.2 Å². The van der Waals surface area contributed by atoms with Crippen LogP contribution in [0.15, 0.2) is 61.1 Å². The summed E-state index contributed by atoms with van der Waals surface area (Å²) in [6, 6.07) is 9.47.